The zero-order valence-electron chi connectivity index (χ0n) is 11.3. The number of pyridine rings is 1. The quantitative estimate of drug-likeness (QED) is 0.780. The number of fused-ring (bicyclic) bond motifs is 2. The number of aromatic nitrogens is 3. The van der Waals surface area contributed by atoms with Crippen molar-refractivity contribution in [2.75, 3.05) is 0 Å². The van der Waals surface area contributed by atoms with Crippen molar-refractivity contribution in [1.29, 1.82) is 0 Å². The predicted octanol–water partition coefficient (Wildman–Crippen LogP) is 3.59. The van der Waals surface area contributed by atoms with Crippen LogP contribution in [-0.2, 0) is 0 Å². The molecule has 2 aromatic rings. The highest BCUT2D eigenvalue weighted by molar-refractivity contribution is 5.52. The van der Waals surface area contributed by atoms with E-state index in [1.807, 2.05) is 12.1 Å². The van der Waals surface area contributed by atoms with Crippen molar-refractivity contribution < 1.29 is 4.52 Å². The molecule has 0 amide bonds. The van der Waals surface area contributed by atoms with Crippen molar-refractivity contribution in [2.24, 2.45) is 11.8 Å². The molecule has 20 heavy (non-hydrogen) atoms. The molecule has 2 bridgehead atoms. The molecule has 1 fully saturated rings. The van der Waals surface area contributed by atoms with Gasteiger partial charge >= 0.3 is 0 Å². The standard InChI is InChI=1S/C16H17N3O/c1-2-11-8-12(3-1)10-14(9-11)16-18-15(19-20-16)13-4-6-17-7-5-13/h1-2,4-7,11-12,14H,3,8-10H2/t11-,12+,14-/m0/s1. The van der Waals surface area contributed by atoms with Gasteiger partial charge in [-0.15, -0.1) is 0 Å². The topological polar surface area (TPSA) is 51.8 Å². The van der Waals surface area contributed by atoms with Crippen molar-refractivity contribution in [3.8, 4) is 11.4 Å². The normalized spacial score (nSPS) is 28.5. The van der Waals surface area contributed by atoms with Gasteiger partial charge in [-0.25, -0.2) is 0 Å². The Balaban J connectivity index is 1.58. The SMILES string of the molecule is C1=C[C@H]2C[C@@H](C1)C[C@@H](c1nc(-c3ccncc3)no1)C2. The van der Waals surface area contributed by atoms with Crippen molar-refractivity contribution in [1.82, 2.24) is 15.1 Å². The predicted molar refractivity (Wildman–Crippen MR) is 74.9 cm³/mol. The van der Waals surface area contributed by atoms with Crippen molar-refractivity contribution in [3.63, 3.8) is 0 Å². The van der Waals surface area contributed by atoms with Gasteiger partial charge in [0.2, 0.25) is 11.7 Å². The zero-order chi connectivity index (χ0) is 13.4. The third-order valence-electron chi connectivity index (χ3n) is 4.45. The van der Waals surface area contributed by atoms with Crippen LogP contribution in [0.3, 0.4) is 0 Å². The van der Waals surface area contributed by atoms with E-state index in [9.17, 15) is 0 Å². The van der Waals surface area contributed by atoms with E-state index in [1.54, 1.807) is 12.4 Å². The van der Waals surface area contributed by atoms with Crippen molar-refractivity contribution >= 4 is 0 Å². The average molecular weight is 267 g/mol. The van der Waals surface area contributed by atoms with Gasteiger partial charge in [0.05, 0.1) is 0 Å². The lowest BCUT2D eigenvalue weighted by Gasteiger charge is -2.34. The molecule has 4 rings (SSSR count). The zero-order valence-corrected chi connectivity index (χ0v) is 11.3. The van der Waals surface area contributed by atoms with E-state index in [1.165, 1.54) is 19.3 Å². The van der Waals surface area contributed by atoms with E-state index in [0.29, 0.717) is 17.7 Å². The molecule has 1 saturated carbocycles. The van der Waals surface area contributed by atoms with Gasteiger partial charge in [0, 0.05) is 23.9 Å². The minimum absolute atomic E-state index is 0.423. The van der Waals surface area contributed by atoms with Crippen LogP contribution in [0.4, 0.5) is 0 Å². The number of rotatable bonds is 2. The minimum Gasteiger partial charge on any atom is -0.339 e. The Bertz CT molecular complexity index is 620. The maximum Gasteiger partial charge on any atom is 0.230 e. The van der Waals surface area contributed by atoms with Crippen LogP contribution in [-0.4, -0.2) is 15.1 Å². The Labute approximate surface area is 117 Å². The lowest BCUT2D eigenvalue weighted by molar-refractivity contribution is 0.224. The van der Waals surface area contributed by atoms with Gasteiger partial charge in [-0.2, -0.15) is 4.98 Å². The molecule has 0 saturated heterocycles. The monoisotopic (exact) mass is 267 g/mol. The first-order valence-corrected chi connectivity index (χ1v) is 7.29. The maximum absolute atomic E-state index is 5.52. The van der Waals surface area contributed by atoms with Gasteiger partial charge in [0.1, 0.15) is 0 Å². The second-order valence-corrected chi connectivity index (χ2v) is 5.89. The van der Waals surface area contributed by atoms with E-state index in [-0.39, 0.29) is 0 Å². The molecule has 0 aromatic carbocycles. The molecule has 2 aromatic heterocycles. The largest absolute Gasteiger partial charge is 0.339 e. The lowest BCUT2D eigenvalue weighted by Crippen LogP contribution is -2.23. The molecule has 3 atom stereocenters. The Hall–Kier alpha value is -1.97. The summed E-state index contributed by atoms with van der Waals surface area (Å²) in [6.07, 6.45) is 13.1. The van der Waals surface area contributed by atoms with E-state index in [0.717, 1.165) is 23.8 Å². The summed E-state index contributed by atoms with van der Waals surface area (Å²) in [5, 5.41) is 4.12. The number of hydrogen-bond acceptors (Lipinski definition) is 4. The molecule has 0 N–H and O–H groups in total. The van der Waals surface area contributed by atoms with Gasteiger partial charge in [0.15, 0.2) is 0 Å². The summed E-state index contributed by atoms with van der Waals surface area (Å²) in [5.41, 5.74) is 0.964. The van der Waals surface area contributed by atoms with Crippen LogP contribution >= 0.6 is 0 Å². The van der Waals surface area contributed by atoms with Crippen LogP contribution in [0.1, 0.15) is 37.5 Å². The molecule has 102 valence electrons. The molecule has 0 spiro atoms. The first kappa shape index (κ1) is 11.8. The molecular weight excluding hydrogens is 250 g/mol. The molecule has 2 aliphatic carbocycles. The third-order valence-corrected chi connectivity index (χ3v) is 4.45. The summed E-state index contributed by atoms with van der Waals surface area (Å²) in [7, 11) is 0. The summed E-state index contributed by atoms with van der Waals surface area (Å²) in [6.45, 7) is 0. The van der Waals surface area contributed by atoms with E-state index < -0.39 is 0 Å². The van der Waals surface area contributed by atoms with E-state index >= 15 is 0 Å². The molecule has 4 nitrogen and oxygen atoms in total. The van der Waals surface area contributed by atoms with Crippen LogP contribution in [0.5, 0.6) is 0 Å². The summed E-state index contributed by atoms with van der Waals surface area (Å²) in [4.78, 5) is 8.61. The molecule has 4 heteroatoms. The van der Waals surface area contributed by atoms with Crippen LogP contribution in [0, 0.1) is 11.8 Å². The van der Waals surface area contributed by atoms with Crippen LogP contribution in [0.2, 0.25) is 0 Å². The number of allylic oxidation sites excluding steroid dienone is 2. The first-order valence-electron chi connectivity index (χ1n) is 7.29. The van der Waals surface area contributed by atoms with Crippen LogP contribution < -0.4 is 0 Å². The second kappa shape index (κ2) is 4.85. The first-order chi connectivity index (χ1) is 9.88. The smallest absolute Gasteiger partial charge is 0.230 e. The van der Waals surface area contributed by atoms with Gasteiger partial charge in [-0.3, -0.25) is 4.98 Å². The van der Waals surface area contributed by atoms with Gasteiger partial charge in [-0.1, -0.05) is 17.3 Å². The molecular formula is C16H17N3O. The Morgan fingerprint density at radius 3 is 2.85 bits per heavy atom. The van der Waals surface area contributed by atoms with Crippen LogP contribution in [0.25, 0.3) is 11.4 Å². The summed E-state index contributed by atoms with van der Waals surface area (Å²) in [5.74, 6) is 3.39. The summed E-state index contributed by atoms with van der Waals surface area (Å²) >= 11 is 0. The van der Waals surface area contributed by atoms with E-state index in [4.69, 9.17) is 4.52 Å². The highest BCUT2D eigenvalue weighted by Gasteiger charge is 2.33. The highest BCUT2D eigenvalue weighted by Crippen LogP contribution is 2.43. The minimum atomic E-state index is 0.423. The van der Waals surface area contributed by atoms with Gasteiger partial charge in [-0.05, 0) is 49.7 Å². The number of nitrogens with zero attached hydrogens (tertiary/aromatic N) is 3. The number of hydrogen-bond donors (Lipinski definition) is 0. The Morgan fingerprint density at radius 1 is 1.10 bits per heavy atom. The van der Waals surface area contributed by atoms with Crippen molar-refractivity contribution in [2.45, 2.75) is 31.6 Å². The van der Waals surface area contributed by atoms with E-state index in [2.05, 4.69) is 27.3 Å². The molecule has 2 heterocycles. The van der Waals surface area contributed by atoms with Gasteiger partial charge in [0.25, 0.3) is 0 Å². The second-order valence-electron chi connectivity index (χ2n) is 5.89. The lowest BCUT2D eigenvalue weighted by atomic mass is 9.71. The molecule has 0 unspecified atom stereocenters. The molecule has 0 aliphatic heterocycles. The third kappa shape index (κ3) is 2.15. The molecule has 0 radical (unpaired) electrons. The fourth-order valence-electron chi connectivity index (χ4n) is 3.52. The fourth-order valence-corrected chi connectivity index (χ4v) is 3.52. The van der Waals surface area contributed by atoms with Gasteiger partial charge < -0.3 is 4.52 Å². The van der Waals surface area contributed by atoms with Crippen LogP contribution in [0.15, 0.2) is 41.2 Å². The van der Waals surface area contributed by atoms with Crippen molar-refractivity contribution in [3.05, 3.63) is 42.6 Å². The fraction of sp³-hybridized carbons (Fsp3) is 0.438. The Kier molecular flexibility index (Phi) is 2.87. The summed E-state index contributed by atoms with van der Waals surface area (Å²) < 4.78 is 5.52. The molecule has 2 aliphatic rings. The average Bonchev–Trinajstić information content (AvgIpc) is 2.97. The summed E-state index contributed by atoms with van der Waals surface area (Å²) in [6, 6.07) is 3.82. The Morgan fingerprint density at radius 2 is 2.00 bits per heavy atom. The highest BCUT2D eigenvalue weighted by atomic mass is 16.5. The maximum atomic E-state index is 5.52.